The van der Waals surface area contributed by atoms with Gasteiger partial charge in [-0.05, 0) is 49.4 Å². The number of imide groups is 2. The topological polar surface area (TPSA) is 132 Å². The zero-order chi connectivity index (χ0) is 36.4. The van der Waals surface area contributed by atoms with Gasteiger partial charge in [-0.1, -0.05) is 35.9 Å². The highest BCUT2D eigenvalue weighted by atomic mass is 35.5. The van der Waals surface area contributed by atoms with Crippen LogP contribution in [0.4, 0.5) is 33.3 Å². The summed E-state index contributed by atoms with van der Waals surface area (Å²) in [6, 6.07) is 9.32. The number of allylic oxidation sites excluding steroid dienone is 2. The molecule has 2 N–H and O–H groups in total. The minimum absolute atomic E-state index is 0.0589. The molecule has 50 heavy (non-hydrogen) atoms. The molecule has 0 bridgehead atoms. The first-order valence-electron chi connectivity index (χ1n) is 15.0. The molecule has 2 saturated heterocycles. The maximum absolute atomic E-state index is 15.2. The summed E-state index contributed by atoms with van der Waals surface area (Å²) < 4.78 is 73.2. The molecule has 9 nitrogen and oxygen atoms in total. The van der Waals surface area contributed by atoms with E-state index in [9.17, 15) is 47.4 Å². The molecule has 3 aromatic carbocycles. The number of anilines is 2. The molecule has 258 valence electrons. The Morgan fingerprint density at radius 2 is 1.46 bits per heavy atom. The van der Waals surface area contributed by atoms with Crippen LogP contribution in [0.1, 0.15) is 40.2 Å². The van der Waals surface area contributed by atoms with E-state index in [0.717, 1.165) is 11.0 Å². The van der Waals surface area contributed by atoms with Crippen molar-refractivity contribution in [1.82, 2.24) is 0 Å². The maximum Gasteiger partial charge on any atom is 0.335 e. The number of amides is 4. The minimum atomic E-state index is -2.78. The van der Waals surface area contributed by atoms with Crippen LogP contribution >= 0.6 is 23.2 Å². The van der Waals surface area contributed by atoms with E-state index in [0.29, 0.717) is 0 Å². The van der Waals surface area contributed by atoms with Crippen molar-refractivity contribution in [2.45, 2.75) is 35.4 Å². The fourth-order valence-corrected chi connectivity index (χ4v) is 8.79. The summed E-state index contributed by atoms with van der Waals surface area (Å²) in [6.45, 7) is 1.49. The minimum Gasteiger partial charge on any atom is -0.507 e. The van der Waals surface area contributed by atoms with Crippen molar-refractivity contribution in [3.63, 3.8) is 0 Å². The number of hydrogen-bond acceptors (Lipinski definition) is 6. The molecular weight excluding hydrogens is 714 g/mol. The van der Waals surface area contributed by atoms with E-state index < -0.39 is 110 Å². The summed E-state index contributed by atoms with van der Waals surface area (Å²) in [7, 11) is 0. The van der Waals surface area contributed by atoms with Crippen molar-refractivity contribution in [1.29, 1.82) is 0 Å². The standard InChI is InChI=1S/C34H21Cl2F5N2O7/c1-12-4-2-7-17(27(12)44)20-15-8-9-16-19(29(46)42(28(16)45)14-6-3-5-13(10-14)30(47)48)18(15)11-33(35)31(49)43(32(50)34(20,33)36)26-24(40)22(38)21(37)23(39)25(26)41/h2-8,10,16,18-20,44H,9,11H2,1H3,(H,47,48). The number of aromatic carboxylic acids is 1. The molecular formula is C34H21Cl2F5N2O7. The quantitative estimate of drug-likeness (QED) is 0.0857. The predicted octanol–water partition coefficient (Wildman–Crippen LogP) is 5.86. The van der Waals surface area contributed by atoms with Crippen LogP contribution < -0.4 is 9.80 Å². The van der Waals surface area contributed by atoms with Crippen LogP contribution in [0.5, 0.6) is 5.75 Å². The van der Waals surface area contributed by atoms with E-state index in [1.807, 2.05) is 0 Å². The van der Waals surface area contributed by atoms with E-state index in [1.165, 1.54) is 49.4 Å². The number of carboxylic acid groups (broad SMARTS) is 1. The zero-order valence-electron chi connectivity index (χ0n) is 25.3. The predicted molar refractivity (Wildman–Crippen MR) is 165 cm³/mol. The first-order valence-corrected chi connectivity index (χ1v) is 15.7. The van der Waals surface area contributed by atoms with Crippen molar-refractivity contribution in [3.8, 4) is 5.75 Å². The van der Waals surface area contributed by atoms with Gasteiger partial charge in [-0.15, -0.1) is 23.2 Å². The third-order valence-electron chi connectivity index (χ3n) is 10.2. The van der Waals surface area contributed by atoms with Gasteiger partial charge in [-0.2, -0.15) is 0 Å². The van der Waals surface area contributed by atoms with Gasteiger partial charge < -0.3 is 10.2 Å². The molecule has 3 fully saturated rings. The van der Waals surface area contributed by atoms with Gasteiger partial charge in [0, 0.05) is 11.5 Å². The number of halogens is 7. The first-order chi connectivity index (χ1) is 23.5. The van der Waals surface area contributed by atoms with Crippen LogP contribution in [0.3, 0.4) is 0 Å². The molecule has 4 amide bonds. The lowest BCUT2D eigenvalue weighted by Gasteiger charge is -2.50. The number of alkyl halides is 2. The van der Waals surface area contributed by atoms with Crippen molar-refractivity contribution >= 4 is 64.2 Å². The largest absolute Gasteiger partial charge is 0.507 e. The van der Waals surface area contributed by atoms with Gasteiger partial charge in [0.1, 0.15) is 11.4 Å². The molecule has 16 heteroatoms. The summed E-state index contributed by atoms with van der Waals surface area (Å²) >= 11 is 14.1. The maximum atomic E-state index is 15.2. The smallest absolute Gasteiger partial charge is 0.335 e. The SMILES string of the molecule is Cc1cccc(C2C3=CCC4C(=O)N(c5cccc(C(=O)O)c5)C(=O)C4C3CC3(Cl)C(=O)N(c4c(F)c(F)c(F)c(F)c4F)C(=O)C23Cl)c1O. The first kappa shape index (κ1) is 33.7. The number of aryl methyl sites for hydroxylation is 1. The fraction of sp³-hybridized carbons (Fsp3) is 0.265. The Kier molecular flexibility index (Phi) is 7.47. The number of para-hydroxylation sites is 1. The van der Waals surface area contributed by atoms with Crippen molar-refractivity contribution in [3.05, 3.63) is 99.9 Å². The summed E-state index contributed by atoms with van der Waals surface area (Å²) in [5, 5.41) is 20.7. The van der Waals surface area contributed by atoms with Crippen LogP contribution in [0.15, 0.2) is 54.1 Å². The Hall–Kier alpha value is -4.82. The Morgan fingerprint density at radius 1 is 0.840 bits per heavy atom. The number of phenolic OH excluding ortho intramolecular Hbond substituents is 1. The normalized spacial score (nSPS) is 28.8. The highest BCUT2D eigenvalue weighted by Crippen LogP contribution is 2.67. The highest BCUT2D eigenvalue weighted by Gasteiger charge is 2.77. The number of rotatable bonds is 4. The van der Waals surface area contributed by atoms with Gasteiger partial charge in [-0.3, -0.25) is 24.1 Å². The Labute approximate surface area is 288 Å². The number of carboxylic acids is 1. The molecule has 0 aromatic heterocycles. The molecule has 0 radical (unpaired) electrons. The van der Waals surface area contributed by atoms with Crippen molar-refractivity contribution < 1.29 is 56.1 Å². The lowest BCUT2D eigenvalue weighted by Crippen LogP contribution is -2.60. The Bertz CT molecular complexity index is 2130. The average Bonchev–Trinajstić information content (AvgIpc) is 3.42. The second-order valence-corrected chi connectivity index (χ2v) is 13.8. The number of fused-ring (bicyclic) bond motifs is 4. The Balaban J connectivity index is 1.43. The van der Waals surface area contributed by atoms with E-state index in [1.54, 1.807) is 0 Å². The van der Waals surface area contributed by atoms with Crippen molar-refractivity contribution in [2.75, 3.05) is 9.80 Å². The van der Waals surface area contributed by atoms with E-state index in [4.69, 9.17) is 23.2 Å². The summed E-state index contributed by atoms with van der Waals surface area (Å²) in [5.74, 6) is -24.3. The van der Waals surface area contributed by atoms with E-state index in [2.05, 4.69) is 0 Å². The van der Waals surface area contributed by atoms with Crippen LogP contribution in [-0.2, 0) is 19.2 Å². The number of carbonyl (C=O) groups is 5. The molecule has 6 atom stereocenters. The zero-order valence-corrected chi connectivity index (χ0v) is 26.8. The fourth-order valence-electron chi connectivity index (χ4n) is 7.86. The molecule has 2 heterocycles. The van der Waals surface area contributed by atoms with Crippen LogP contribution in [-0.4, -0.2) is 49.6 Å². The monoisotopic (exact) mass is 734 g/mol. The van der Waals surface area contributed by atoms with Crippen LogP contribution in [0.25, 0.3) is 0 Å². The summed E-state index contributed by atoms with van der Waals surface area (Å²) in [5.41, 5.74) is -1.90. The van der Waals surface area contributed by atoms with Gasteiger partial charge in [-0.25, -0.2) is 31.6 Å². The van der Waals surface area contributed by atoms with Gasteiger partial charge in [0.2, 0.25) is 17.6 Å². The third-order valence-corrected chi connectivity index (χ3v) is 11.6. The third kappa shape index (κ3) is 4.14. The molecule has 7 rings (SSSR count). The van der Waals surface area contributed by atoms with E-state index >= 15 is 8.78 Å². The van der Waals surface area contributed by atoms with Gasteiger partial charge in [0.05, 0.1) is 23.1 Å². The molecule has 2 aliphatic carbocycles. The van der Waals surface area contributed by atoms with Gasteiger partial charge in [0.15, 0.2) is 33.0 Å². The van der Waals surface area contributed by atoms with E-state index in [-0.39, 0.29) is 39.3 Å². The number of nitrogens with zero attached hydrogens (tertiary/aromatic N) is 2. The molecule has 1 saturated carbocycles. The lowest BCUT2D eigenvalue weighted by atomic mass is 9.56. The number of carbonyl (C=O) groups excluding carboxylic acids is 4. The Morgan fingerprint density at radius 3 is 2.10 bits per heavy atom. The number of benzene rings is 3. The highest BCUT2D eigenvalue weighted by molar-refractivity contribution is 6.58. The van der Waals surface area contributed by atoms with Gasteiger partial charge in [0.25, 0.3) is 11.8 Å². The molecule has 3 aromatic rings. The average molecular weight is 735 g/mol. The van der Waals surface area contributed by atoms with Gasteiger partial charge >= 0.3 is 5.97 Å². The molecule has 4 aliphatic rings. The molecule has 6 unspecified atom stereocenters. The van der Waals surface area contributed by atoms with Crippen molar-refractivity contribution in [2.24, 2.45) is 17.8 Å². The van der Waals surface area contributed by atoms with Crippen LogP contribution in [0, 0.1) is 53.8 Å². The number of phenols is 1. The molecule has 2 aliphatic heterocycles. The lowest BCUT2D eigenvalue weighted by molar-refractivity contribution is -0.125. The second-order valence-electron chi connectivity index (χ2n) is 12.6. The number of hydrogen-bond donors (Lipinski definition) is 2. The number of aromatic hydroxyl groups is 1. The second kappa shape index (κ2) is 11.1. The van der Waals surface area contributed by atoms with Crippen LogP contribution in [0.2, 0.25) is 0 Å². The molecule has 0 spiro atoms. The summed E-state index contributed by atoms with van der Waals surface area (Å²) in [6.07, 6.45) is 0.623. The summed E-state index contributed by atoms with van der Waals surface area (Å²) in [4.78, 5) is 63.1.